The van der Waals surface area contributed by atoms with E-state index in [9.17, 15) is 4.79 Å². The standard InChI is InChI=1S/C12H13NO/c1-7-6-10-11(13-12(10)14)9-5-3-2-4-8(7)9/h2-5,7,10-11H,6H2,1H3,(H,13,14). The summed E-state index contributed by atoms with van der Waals surface area (Å²) < 4.78 is 0. The Balaban J connectivity index is 2.09. The van der Waals surface area contributed by atoms with Crippen LogP contribution in [0.1, 0.15) is 36.4 Å². The molecule has 0 bridgehead atoms. The number of amides is 1. The molecule has 1 N–H and O–H groups in total. The summed E-state index contributed by atoms with van der Waals surface area (Å²) >= 11 is 0. The lowest BCUT2D eigenvalue weighted by Gasteiger charge is -2.43. The molecule has 72 valence electrons. The Bertz CT molecular complexity index is 399. The molecule has 1 aromatic carbocycles. The monoisotopic (exact) mass is 187 g/mol. The minimum Gasteiger partial charge on any atom is -0.348 e. The Morgan fingerprint density at radius 3 is 2.71 bits per heavy atom. The van der Waals surface area contributed by atoms with E-state index < -0.39 is 0 Å². The topological polar surface area (TPSA) is 29.1 Å². The van der Waals surface area contributed by atoms with E-state index in [0.29, 0.717) is 12.0 Å². The average molecular weight is 187 g/mol. The molecule has 14 heavy (non-hydrogen) atoms. The molecule has 2 aliphatic rings. The van der Waals surface area contributed by atoms with Crippen LogP contribution in [0.3, 0.4) is 0 Å². The molecule has 3 unspecified atom stereocenters. The molecule has 1 aliphatic carbocycles. The Kier molecular flexibility index (Phi) is 1.49. The third kappa shape index (κ3) is 0.884. The van der Waals surface area contributed by atoms with Crippen LogP contribution in [-0.2, 0) is 4.79 Å². The third-order valence-electron chi connectivity index (χ3n) is 3.51. The van der Waals surface area contributed by atoms with Crippen LogP contribution in [0.4, 0.5) is 0 Å². The molecule has 1 amide bonds. The second-order valence-corrected chi connectivity index (χ2v) is 4.36. The van der Waals surface area contributed by atoms with E-state index >= 15 is 0 Å². The van der Waals surface area contributed by atoms with Gasteiger partial charge in [-0.15, -0.1) is 0 Å². The lowest BCUT2D eigenvalue weighted by molar-refractivity contribution is -0.136. The number of carbonyl (C=O) groups is 1. The van der Waals surface area contributed by atoms with Crippen LogP contribution >= 0.6 is 0 Å². The second-order valence-electron chi connectivity index (χ2n) is 4.36. The first-order valence-electron chi connectivity index (χ1n) is 5.16. The molecule has 1 aromatic rings. The van der Waals surface area contributed by atoms with Crippen LogP contribution in [0.25, 0.3) is 0 Å². The average Bonchev–Trinajstić information content (AvgIpc) is 2.21. The predicted octanol–water partition coefficient (Wildman–Crippen LogP) is 1.98. The quantitative estimate of drug-likeness (QED) is 0.618. The molecule has 1 saturated heterocycles. The number of β-lactam (4-membered cyclic amide) rings is 1. The molecule has 3 rings (SSSR count). The Morgan fingerprint density at radius 1 is 1.29 bits per heavy atom. The lowest BCUT2D eigenvalue weighted by atomic mass is 9.70. The molecular weight excluding hydrogens is 174 g/mol. The van der Waals surface area contributed by atoms with Gasteiger partial charge in [0.05, 0.1) is 12.0 Å². The maximum Gasteiger partial charge on any atom is 0.226 e. The van der Waals surface area contributed by atoms with Gasteiger partial charge in [0, 0.05) is 0 Å². The summed E-state index contributed by atoms with van der Waals surface area (Å²) in [5.41, 5.74) is 2.74. The summed E-state index contributed by atoms with van der Waals surface area (Å²) in [6, 6.07) is 8.76. The van der Waals surface area contributed by atoms with Gasteiger partial charge in [0.2, 0.25) is 5.91 Å². The molecule has 0 aromatic heterocycles. The highest BCUT2D eigenvalue weighted by atomic mass is 16.2. The van der Waals surface area contributed by atoms with Crippen molar-refractivity contribution < 1.29 is 4.79 Å². The molecule has 3 atom stereocenters. The van der Waals surface area contributed by atoms with Gasteiger partial charge >= 0.3 is 0 Å². The van der Waals surface area contributed by atoms with E-state index in [1.165, 1.54) is 11.1 Å². The van der Waals surface area contributed by atoms with Crippen molar-refractivity contribution >= 4 is 5.91 Å². The molecule has 0 radical (unpaired) electrons. The smallest absolute Gasteiger partial charge is 0.226 e. The minimum absolute atomic E-state index is 0.233. The fourth-order valence-electron chi connectivity index (χ4n) is 2.70. The molecule has 1 fully saturated rings. The molecule has 0 spiro atoms. The van der Waals surface area contributed by atoms with Gasteiger partial charge in [-0.1, -0.05) is 31.2 Å². The van der Waals surface area contributed by atoms with Crippen molar-refractivity contribution in [2.75, 3.05) is 0 Å². The Hall–Kier alpha value is -1.31. The first-order chi connectivity index (χ1) is 6.77. The molecule has 1 aliphatic heterocycles. The molecule has 2 nitrogen and oxygen atoms in total. The number of hydrogen-bond acceptors (Lipinski definition) is 1. The van der Waals surface area contributed by atoms with E-state index in [0.717, 1.165) is 6.42 Å². The first kappa shape index (κ1) is 8.04. The van der Waals surface area contributed by atoms with Crippen molar-refractivity contribution in [3.63, 3.8) is 0 Å². The van der Waals surface area contributed by atoms with Crippen LogP contribution in [0.15, 0.2) is 24.3 Å². The van der Waals surface area contributed by atoms with E-state index in [2.05, 4.69) is 36.5 Å². The SMILES string of the molecule is CC1CC2C(=O)NC2c2ccccc21. The van der Waals surface area contributed by atoms with Crippen molar-refractivity contribution in [3.8, 4) is 0 Å². The zero-order valence-corrected chi connectivity index (χ0v) is 8.16. The van der Waals surface area contributed by atoms with Gasteiger partial charge in [0.25, 0.3) is 0 Å². The van der Waals surface area contributed by atoms with Crippen molar-refractivity contribution in [2.45, 2.75) is 25.3 Å². The van der Waals surface area contributed by atoms with Gasteiger partial charge in [0.1, 0.15) is 0 Å². The van der Waals surface area contributed by atoms with Crippen molar-refractivity contribution in [1.82, 2.24) is 5.32 Å². The second kappa shape index (κ2) is 2.59. The summed E-state index contributed by atoms with van der Waals surface area (Å²) in [6.45, 7) is 2.21. The van der Waals surface area contributed by atoms with Gasteiger partial charge in [-0.2, -0.15) is 0 Å². The maximum absolute atomic E-state index is 11.3. The van der Waals surface area contributed by atoms with E-state index in [4.69, 9.17) is 0 Å². The number of carbonyl (C=O) groups excluding carboxylic acids is 1. The summed E-state index contributed by atoms with van der Waals surface area (Å²) in [7, 11) is 0. The van der Waals surface area contributed by atoms with Crippen LogP contribution in [0, 0.1) is 5.92 Å². The van der Waals surface area contributed by atoms with Gasteiger partial charge in [0.15, 0.2) is 0 Å². The first-order valence-corrected chi connectivity index (χ1v) is 5.16. The Labute approximate surface area is 83.3 Å². The van der Waals surface area contributed by atoms with Gasteiger partial charge < -0.3 is 5.32 Å². The highest BCUT2D eigenvalue weighted by Gasteiger charge is 2.45. The van der Waals surface area contributed by atoms with E-state index in [1.807, 2.05) is 0 Å². The molecular formula is C12H13NO. The normalized spacial score (nSPS) is 33.8. The molecule has 2 heteroatoms. The van der Waals surface area contributed by atoms with Crippen LogP contribution in [-0.4, -0.2) is 5.91 Å². The van der Waals surface area contributed by atoms with Crippen molar-refractivity contribution in [2.24, 2.45) is 5.92 Å². The molecule has 0 saturated carbocycles. The highest BCUT2D eigenvalue weighted by molar-refractivity contribution is 5.87. The lowest BCUT2D eigenvalue weighted by Crippen LogP contribution is -2.53. The summed E-state index contributed by atoms with van der Waals surface area (Å²) in [5, 5.41) is 2.98. The van der Waals surface area contributed by atoms with Gasteiger partial charge in [-0.05, 0) is 23.5 Å². The summed E-state index contributed by atoms with van der Waals surface area (Å²) in [6.07, 6.45) is 1.01. The minimum atomic E-state index is 0.233. The predicted molar refractivity (Wildman–Crippen MR) is 53.8 cm³/mol. The zero-order valence-electron chi connectivity index (χ0n) is 8.16. The zero-order chi connectivity index (χ0) is 9.71. The molecule has 1 heterocycles. The van der Waals surface area contributed by atoms with Crippen LogP contribution < -0.4 is 5.32 Å². The number of nitrogens with one attached hydrogen (secondary N) is 1. The number of hydrogen-bond donors (Lipinski definition) is 1. The van der Waals surface area contributed by atoms with Crippen LogP contribution in [0.2, 0.25) is 0 Å². The maximum atomic E-state index is 11.3. The number of fused-ring (bicyclic) bond motifs is 3. The van der Waals surface area contributed by atoms with Crippen LogP contribution in [0.5, 0.6) is 0 Å². The van der Waals surface area contributed by atoms with E-state index in [1.54, 1.807) is 0 Å². The van der Waals surface area contributed by atoms with Crippen molar-refractivity contribution in [1.29, 1.82) is 0 Å². The fraction of sp³-hybridized carbons (Fsp3) is 0.417. The number of benzene rings is 1. The van der Waals surface area contributed by atoms with Crippen molar-refractivity contribution in [3.05, 3.63) is 35.4 Å². The number of rotatable bonds is 0. The fourth-order valence-corrected chi connectivity index (χ4v) is 2.70. The summed E-state index contributed by atoms with van der Waals surface area (Å²) in [4.78, 5) is 11.3. The highest BCUT2D eigenvalue weighted by Crippen LogP contribution is 2.45. The van der Waals surface area contributed by atoms with Gasteiger partial charge in [-0.3, -0.25) is 4.79 Å². The largest absolute Gasteiger partial charge is 0.348 e. The van der Waals surface area contributed by atoms with Gasteiger partial charge in [-0.25, -0.2) is 0 Å². The van der Waals surface area contributed by atoms with E-state index in [-0.39, 0.29) is 11.8 Å². The summed E-state index contributed by atoms with van der Waals surface area (Å²) in [5.74, 6) is 0.995. The Morgan fingerprint density at radius 2 is 2.00 bits per heavy atom. The third-order valence-corrected chi connectivity index (χ3v) is 3.51.